The van der Waals surface area contributed by atoms with Crippen LogP contribution in [0.3, 0.4) is 0 Å². The Balaban J connectivity index is 2.20. The molecular formula is C22H26N2O2. The predicted molar refractivity (Wildman–Crippen MR) is 103 cm³/mol. The van der Waals surface area contributed by atoms with Gasteiger partial charge in [-0.05, 0) is 44.4 Å². The number of nitrogens with zero attached hydrogens (tertiary/aromatic N) is 2. The number of hydrogen-bond acceptors (Lipinski definition) is 3. The molecule has 0 aliphatic rings. The van der Waals surface area contributed by atoms with Crippen LogP contribution in [0.1, 0.15) is 39.2 Å². The Kier molecular flexibility index (Phi) is 4.99. The number of rotatable bonds is 5. The van der Waals surface area contributed by atoms with Gasteiger partial charge >= 0.3 is 0 Å². The second-order valence-corrected chi connectivity index (χ2v) is 7.10. The van der Waals surface area contributed by atoms with Gasteiger partial charge in [-0.2, -0.15) is 5.10 Å². The van der Waals surface area contributed by atoms with Crippen molar-refractivity contribution in [2.75, 3.05) is 0 Å². The molecule has 0 saturated carbocycles. The molecule has 0 unspecified atom stereocenters. The molecule has 26 heavy (non-hydrogen) atoms. The van der Waals surface area contributed by atoms with Gasteiger partial charge in [0.05, 0.1) is 5.69 Å². The van der Waals surface area contributed by atoms with Crippen LogP contribution in [0.15, 0.2) is 48.5 Å². The second-order valence-electron chi connectivity index (χ2n) is 7.10. The second kappa shape index (κ2) is 7.06. The van der Waals surface area contributed by atoms with E-state index in [2.05, 4.69) is 5.10 Å². The van der Waals surface area contributed by atoms with Crippen LogP contribution >= 0.6 is 0 Å². The molecule has 1 aromatic heterocycles. The summed E-state index contributed by atoms with van der Waals surface area (Å²) in [6.07, 6.45) is 0.501. The van der Waals surface area contributed by atoms with Crippen LogP contribution in [0, 0.1) is 27.7 Å². The fourth-order valence-corrected chi connectivity index (χ4v) is 3.48. The van der Waals surface area contributed by atoms with E-state index in [0.29, 0.717) is 6.42 Å². The first-order valence-corrected chi connectivity index (χ1v) is 8.83. The average molecular weight is 350 g/mol. The molecule has 0 aliphatic heterocycles. The first kappa shape index (κ1) is 18.4. The first-order chi connectivity index (χ1) is 12.4. The highest BCUT2D eigenvalue weighted by Gasteiger charge is 2.38. The maximum Gasteiger partial charge on any atom is 0.157 e. The molecule has 1 heterocycles. The van der Waals surface area contributed by atoms with E-state index in [0.717, 1.165) is 28.1 Å². The summed E-state index contributed by atoms with van der Waals surface area (Å²) in [4.78, 5) is 5.28. The van der Waals surface area contributed by atoms with Crippen LogP contribution in [0.25, 0.3) is 0 Å². The minimum absolute atomic E-state index is 0.501. The van der Waals surface area contributed by atoms with Crippen LogP contribution in [0.4, 0.5) is 0 Å². The Hall–Kier alpha value is -2.43. The van der Waals surface area contributed by atoms with E-state index >= 15 is 0 Å². The van der Waals surface area contributed by atoms with Crippen LogP contribution < -0.4 is 0 Å². The smallest absolute Gasteiger partial charge is 0.157 e. The minimum atomic E-state index is -0.986. The van der Waals surface area contributed by atoms with Gasteiger partial charge in [-0.3, -0.25) is 9.94 Å². The monoisotopic (exact) mass is 350 g/mol. The molecule has 0 bridgehead atoms. The number of aryl methyl sites for hydroxylation is 4. The zero-order valence-electron chi connectivity index (χ0n) is 16.1. The summed E-state index contributed by atoms with van der Waals surface area (Å²) in [6.45, 7) is 8.13. The van der Waals surface area contributed by atoms with Crippen LogP contribution in [-0.4, -0.2) is 15.0 Å². The predicted octanol–water partition coefficient (Wildman–Crippen LogP) is 4.63. The molecule has 0 aliphatic carbocycles. The molecule has 3 aromatic rings. The van der Waals surface area contributed by atoms with Gasteiger partial charge in [0, 0.05) is 19.2 Å². The third-order valence-corrected chi connectivity index (χ3v) is 5.28. The van der Waals surface area contributed by atoms with Crippen molar-refractivity contribution in [2.45, 2.75) is 39.7 Å². The Morgan fingerprint density at radius 1 is 0.885 bits per heavy atom. The Morgan fingerprint density at radius 2 is 1.35 bits per heavy atom. The molecule has 0 radical (unpaired) electrons. The van der Waals surface area contributed by atoms with Gasteiger partial charge in [0.15, 0.2) is 5.60 Å². The molecule has 4 nitrogen and oxygen atoms in total. The summed E-state index contributed by atoms with van der Waals surface area (Å²) in [5.41, 5.74) is 6.28. The van der Waals surface area contributed by atoms with E-state index in [1.165, 1.54) is 11.1 Å². The van der Waals surface area contributed by atoms with Gasteiger partial charge in [0.1, 0.15) is 0 Å². The van der Waals surface area contributed by atoms with Gasteiger partial charge in [0.2, 0.25) is 0 Å². The SMILES string of the molecule is Cc1ccc(C(Cc2c(C)nn(C)c2C)(OO)c2ccc(C)cc2)cc1. The molecule has 0 atom stereocenters. The molecule has 3 rings (SSSR count). The molecule has 0 saturated heterocycles. The maximum atomic E-state index is 10.1. The van der Waals surface area contributed by atoms with Gasteiger partial charge in [0.25, 0.3) is 0 Å². The van der Waals surface area contributed by atoms with Crippen molar-refractivity contribution in [3.8, 4) is 0 Å². The lowest BCUT2D eigenvalue weighted by atomic mass is 9.80. The summed E-state index contributed by atoms with van der Waals surface area (Å²) in [7, 11) is 1.94. The zero-order valence-corrected chi connectivity index (χ0v) is 16.1. The van der Waals surface area contributed by atoms with Crippen LogP contribution in [0.5, 0.6) is 0 Å². The lowest BCUT2D eigenvalue weighted by molar-refractivity contribution is -0.315. The van der Waals surface area contributed by atoms with E-state index in [9.17, 15) is 5.26 Å². The van der Waals surface area contributed by atoms with Crippen molar-refractivity contribution < 1.29 is 10.1 Å². The molecule has 2 aromatic carbocycles. The van der Waals surface area contributed by atoms with Crippen molar-refractivity contribution in [2.24, 2.45) is 7.05 Å². The normalized spacial score (nSPS) is 11.8. The Bertz CT molecular complexity index is 848. The quantitative estimate of drug-likeness (QED) is 0.539. The van der Waals surface area contributed by atoms with E-state index in [-0.39, 0.29) is 0 Å². The van der Waals surface area contributed by atoms with Crippen molar-refractivity contribution in [3.05, 3.63) is 87.7 Å². The topological polar surface area (TPSA) is 47.3 Å². The van der Waals surface area contributed by atoms with E-state index in [1.807, 2.05) is 88.0 Å². The van der Waals surface area contributed by atoms with Gasteiger partial charge in [-0.25, -0.2) is 4.89 Å². The van der Waals surface area contributed by atoms with E-state index in [1.54, 1.807) is 0 Å². The highest BCUT2D eigenvalue weighted by molar-refractivity contribution is 5.42. The zero-order chi connectivity index (χ0) is 18.9. The van der Waals surface area contributed by atoms with Crippen molar-refractivity contribution >= 4 is 0 Å². The van der Waals surface area contributed by atoms with E-state index < -0.39 is 5.60 Å². The number of aromatic nitrogens is 2. The van der Waals surface area contributed by atoms with Gasteiger partial charge in [-0.15, -0.1) is 0 Å². The maximum absolute atomic E-state index is 10.1. The minimum Gasteiger partial charge on any atom is -0.272 e. The fourth-order valence-electron chi connectivity index (χ4n) is 3.48. The molecule has 136 valence electrons. The molecule has 0 spiro atoms. The largest absolute Gasteiger partial charge is 0.272 e. The first-order valence-electron chi connectivity index (χ1n) is 8.83. The number of hydrogen-bond donors (Lipinski definition) is 1. The highest BCUT2D eigenvalue weighted by atomic mass is 17.1. The molecule has 4 heteroatoms. The van der Waals surface area contributed by atoms with Gasteiger partial charge < -0.3 is 0 Å². The van der Waals surface area contributed by atoms with Crippen LogP contribution in [0.2, 0.25) is 0 Å². The lowest BCUT2D eigenvalue weighted by Crippen LogP contribution is -2.33. The summed E-state index contributed by atoms with van der Waals surface area (Å²) in [6, 6.07) is 16.2. The van der Waals surface area contributed by atoms with Gasteiger partial charge in [-0.1, -0.05) is 59.7 Å². The summed E-state index contributed by atoms with van der Waals surface area (Å²) in [5.74, 6) is 0. The summed E-state index contributed by atoms with van der Waals surface area (Å²) in [5, 5.41) is 14.7. The average Bonchev–Trinajstić information content (AvgIpc) is 2.87. The molecule has 1 N–H and O–H groups in total. The standard InChI is InChI=1S/C22H26N2O2/c1-15-6-10-19(11-7-15)22(26-25,20-12-8-16(2)9-13-20)14-21-17(3)23-24(5)18(21)4/h6-13,25H,14H2,1-5H3. The molecule has 0 fully saturated rings. The Morgan fingerprint density at radius 3 is 1.69 bits per heavy atom. The Labute approximate surface area is 155 Å². The van der Waals surface area contributed by atoms with E-state index in [4.69, 9.17) is 4.89 Å². The lowest BCUT2D eigenvalue weighted by Gasteiger charge is -2.32. The molecular weight excluding hydrogens is 324 g/mol. The summed E-state index contributed by atoms with van der Waals surface area (Å²) < 4.78 is 1.87. The van der Waals surface area contributed by atoms with Crippen LogP contribution in [-0.2, 0) is 24.0 Å². The highest BCUT2D eigenvalue weighted by Crippen LogP contribution is 2.38. The summed E-state index contributed by atoms with van der Waals surface area (Å²) >= 11 is 0. The van der Waals surface area contributed by atoms with Crippen molar-refractivity contribution in [1.82, 2.24) is 9.78 Å². The third-order valence-electron chi connectivity index (χ3n) is 5.28. The molecule has 0 amide bonds. The van der Waals surface area contributed by atoms with Crippen molar-refractivity contribution in [3.63, 3.8) is 0 Å². The van der Waals surface area contributed by atoms with Crippen molar-refractivity contribution in [1.29, 1.82) is 0 Å². The third kappa shape index (κ3) is 3.18. The number of benzene rings is 2. The fraction of sp³-hybridized carbons (Fsp3) is 0.318.